The zero-order chi connectivity index (χ0) is 8.06. The Balaban J connectivity index is 2.10. The van der Waals surface area contributed by atoms with E-state index in [-0.39, 0.29) is 12.2 Å². The highest BCUT2D eigenvalue weighted by Crippen LogP contribution is 2.33. The van der Waals surface area contributed by atoms with E-state index in [1.54, 1.807) is 0 Å². The standard InChI is InChI=1S/C7H12O4/c1-7(2)10-4-3-9-6(8)5(4)11-7/h4-6,8H,3H2,1-2H3/t4?,5?,6-/m0/s1. The average Bonchev–Trinajstić information content (AvgIpc) is 2.31. The van der Waals surface area contributed by atoms with Crippen molar-refractivity contribution in [2.24, 2.45) is 0 Å². The first-order valence-corrected chi connectivity index (χ1v) is 3.74. The summed E-state index contributed by atoms with van der Waals surface area (Å²) in [5.41, 5.74) is 0. The molecule has 2 unspecified atom stereocenters. The smallest absolute Gasteiger partial charge is 0.184 e. The van der Waals surface area contributed by atoms with E-state index in [4.69, 9.17) is 14.2 Å². The van der Waals surface area contributed by atoms with Gasteiger partial charge in [-0.1, -0.05) is 0 Å². The minimum Gasteiger partial charge on any atom is -0.366 e. The summed E-state index contributed by atoms with van der Waals surface area (Å²) in [5.74, 6) is -0.569. The van der Waals surface area contributed by atoms with Gasteiger partial charge in [-0.05, 0) is 13.8 Å². The number of fused-ring (bicyclic) bond motifs is 1. The summed E-state index contributed by atoms with van der Waals surface area (Å²) in [6.45, 7) is 4.09. The average molecular weight is 160 g/mol. The van der Waals surface area contributed by atoms with Crippen LogP contribution in [0.2, 0.25) is 0 Å². The third kappa shape index (κ3) is 1.16. The van der Waals surface area contributed by atoms with E-state index in [1.807, 2.05) is 13.8 Å². The Kier molecular flexibility index (Phi) is 1.47. The van der Waals surface area contributed by atoms with Gasteiger partial charge in [-0.2, -0.15) is 0 Å². The quantitative estimate of drug-likeness (QED) is 0.535. The summed E-state index contributed by atoms with van der Waals surface area (Å²) in [6.07, 6.45) is -1.22. The minimum atomic E-state index is -0.818. The molecule has 2 saturated heterocycles. The van der Waals surface area contributed by atoms with Crippen LogP contribution in [-0.2, 0) is 14.2 Å². The second-order valence-electron chi connectivity index (χ2n) is 3.36. The van der Waals surface area contributed by atoms with Gasteiger partial charge in [0.1, 0.15) is 12.2 Å². The summed E-state index contributed by atoms with van der Waals surface area (Å²) in [5, 5.41) is 9.20. The first-order valence-electron chi connectivity index (χ1n) is 3.74. The second-order valence-corrected chi connectivity index (χ2v) is 3.36. The molecular weight excluding hydrogens is 148 g/mol. The number of hydrogen-bond acceptors (Lipinski definition) is 4. The van der Waals surface area contributed by atoms with Gasteiger partial charge < -0.3 is 19.3 Å². The first kappa shape index (κ1) is 7.49. The van der Waals surface area contributed by atoms with Gasteiger partial charge in [0.15, 0.2) is 12.1 Å². The number of ether oxygens (including phenoxy) is 3. The van der Waals surface area contributed by atoms with Crippen LogP contribution in [-0.4, -0.2) is 36.0 Å². The first-order chi connectivity index (χ1) is 5.08. The van der Waals surface area contributed by atoms with E-state index in [0.29, 0.717) is 6.61 Å². The predicted molar refractivity (Wildman–Crippen MR) is 35.8 cm³/mol. The molecule has 0 aliphatic carbocycles. The lowest BCUT2D eigenvalue weighted by molar-refractivity contribution is -0.205. The molecule has 3 atom stereocenters. The number of rotatable bonds is 0. The van der Waals surface area contributed by atoms with Crippen molar-refractivity contribution in [1.29, 1.82) is 0 Å². The van der Waals surface area contributed by atoms with Gasteiger partial charge >= 0.3 is 0 Å². The highest BCUT2D eigenvalue weighted by molar-refractivity contribution is 4.87. The maximum absolute atomic E-state index is 9.20. The van der Waals surface area contributed by atoms with Crippen LogP contribution in [0.15, 0.2) is 0 Å². The zero-order valence-corrected chi connectivity index (χ0v) is 6.61. The molecule has 0 bridgehead atoms. The lowest BCUT2D eigenvalue weighted by Gasteiger charge is -2.19. The maximum atomic E-state index is 9.20. The van der Waals surface area contributed by atoms with Crippen LogP contribution in [0.4, 0.5) is 0 Å². The Morgan fingerprint density at radius 2 is 2.09 bits per heavy atom. The number of hydrogen-bond donors (Lipinski definition) is 1. The number of aliphatic hydroxyl groups is 1. The highest BCUT2D eigenvalue weighted by Gasteiger charge is 2.49. The van der Waals surface area contributed by atoms with Crippen molar-refractivity contribution in [2.75, 3.05) is 6.61 Å². The molecule has 4 heteroatoms. The van der Waals surface area contributed by atoms with Crippen molar-refractivity contribution < 1.29 is 19.3 Å². The van der Waals surface area contributed by atoms with Crippen LogP contribution in [0.25, 0.3) is 0 Å². The van der Waals surface area contributed by atoms with Gasteiger partial charge in [0.25, 0.3) is 0 Å². The Bertz CT molecular complexity index is 168. The zero-order valence-electron chi connectivity index (χ0n) is 6.61. The monoisotopic (exact) mass is 160 g/mol. The van der Waals surface area contributed by atoms with Crippen LogP contribution in [0.1, 0.15) is 13.8 Å². The van der Waals surface area contributed by atoms with Crippen molar-refractivity contribution in [3.8, 4) is 0 Å². The lowest BCUT2D eigenvalue weighted by Crippen LogP contribution is -2.29. The molecule has 11 heavy (non-hydrogen) atoms. The molecule has 0 amide bonds. The Labute approximate surface area is 65.1 Å². The number of aliphatic hydroxyl groups excluding tert-OH is 1. The third-order valence-corrected chi connectivity index (χ3v) is 1.93. The van der Waals surface area contributed by atoms with E-state index in [1.165, 1.54) is 0 Å². The van der Waals surface area contributed by atoms with E-state index in [2.05, 4.69) is 0 Å². The highest BCUT2D eigenvalue weighted by atomic mass is 16.8. The second kappa shape index (κ2) is 2.17. The maximum Gasteiger partial charge on any atom is 0.184 e. The summed E-state index contributed by atoms with van der Waals surface area (Å²) < 4.78 is 15.7. The van der Waals surface area contributed by atoms with E-state index < -0.39 is 12.1 Å². The molecule has 2 aliphatic heterocycles. The van der Waals surface area contributed by atoms with Crippen LogP contribution in [0.5, 0.6) is 0 Å². The van der Waals surface area contributed by atoms with Crippen molar-refractivity contribution in [3.05, 3.63) is 0 Å². The summed E-state index contributed by atoms with van der Waals surface area (Å²) >= 11 is 0. The third-order valence-electron chi connectivity index (χ3n) is 1.93. The molecule has 0 aromatic carbocycles. The Morgan fingerprint density at radius 3 is 2.73 bits per heavy atom. The van der Waals surface area contributed by atoms with Crippen molar-refractivity contribution >= 4 is 0 Å². The summed E-state index contributed by atoms with van der Waals surface area (Å²) in [4.78, 5) is 0. The molecule has 2 heterocycles. The van der Waals surface area contributed by atoms with Gasteiger partial charge in [-0.15, -0.1) is 0 Å². The predicted octanol–water partition coefficient (Wildman–Crippen LogP) is -0.145. The molecule has 0 saturated carbocycles. The van der Waals surface area contributed by atoms with Crippen molar-refractivity contribution in [1.82, 2.24) is 0 Å². The fourth-order valence-corrected chi connectivity index (χ4v) is 1.52. The van der Waals surface area contributed by atoms with Gasteiger partial charge in [0, 0.05) is 0 Å². The SMILES string of the molecule is CC1(C)OC2CO[C@H](O)C2O1. The molecule has 0 spiro atoms. The summed E-state index contributed by atoms with van der Waals surface area (Å²) in [6, 6.07) is 0. The van der Waals surface area contributed by atoms with E-state index >= 15 is 0 Å². The normalized spacial score (nSPS) is 47.7. The summed E-state index contributed by atoms with van der Waals surface area (Å²) in [7, 11) is 0. The Hall–Kier alpha value is -0.160. The topological polar surface area (TPSA) is 47.9 Å². The Morgan fingerprint density at radius 1 is 1.36 bits per heavy atom. The fourth-order valence-electron chi connectivity index (χ4n) is 1.52. The van der Waals surface area contributed by atoms with Gasteiger partial charge in [-0.3, -0.25) is 0 Å². The lowest BCUT2D eigenvalue weighted by atomic mass is 10.2. The molecule has 2 fully saturated rings. The molecule has 2 rings (SSSR count). The molecule has 64 valence electrons. The van der Waals surface area contributed by atoms with Crippen LogP contribution in [0.3, 0.4) is 0 Å². The van der Waals surface area contributed by atoms with Crippen LogP contribution < -0.4 is 0 Å². The molecule has 4 nitrogen and oxygen atoms in total. The molecule has 0 radical (unpaired) electrons. The van der Waals surface area contributed by atoms with Crippen molar-refractivity contribution in [3.63, 3.8) is 0 Å². The molecule has 1 N–H and O–H groups in total. The molecule has 0 aromatic heterocycles. The van der Waals surface area contributed by atoms with Gasteiger partial charge in [-0.25, -0.2) is 0 Å². The van der Waals surface area contributed by atoms with Gasteiger partial charge in [0.2, 0.25) is 0 Å². The molecular formula is C7H12O4. The largest absolute Gasteiger partial charge is 0.366 e. The van der Waals surface area contributed by atoms with E-state index in [9.17, 15) is 5.11 Å². The van der Waals surface area contributed by atoms with Crippen LogP contribution in [0, 0.1) is 0 Å². The molecule has 0 aromatic rings. The fraction of sp³-hybridized carbons (Fsp3) is 1.00. The minimum absolute atomic E-state index is 0.0972. The van der Waals surface area contributed by atoms with E-state index in [0.717, 1.165) is 0 Å². The van der Waals surface area contributed by atoms with Crippen LogP contribution >= 0.6 is 0 Å². The van der Waals surface area contributed by atoms with Gasteiger partial charge in [0.05, 0.1) is 6.61 Å². The molecule has 2 aliphatic rings. The van der Waals surface area contributed by atoms with Crippen molar-refractivity contribution in [2.45, 2.75) is 38.1 Å².